The molecule has 6 heteroatoms. The summed E-state index contributed by atoms with van der Waals surface area (Å²) in [4.78, 5) is 19.5. The number of fused-ring (bicyclic) bond motifs is 1. The smallest absolute Gasteiger partial charge is 0.266 e. The highest BCUT2D eigenvalue weighted by Crippen LogP contribution is 2.33. The number of nitrogens with zero attached hydrogens (tertiary/aromatic N) is 2. The van der Waals surface area contributed by atoms with Gasteiger partial charge in [0.15, 0.2) is 0 Å². The van der Waals surface area contributed by atoms with Crippen molar-refractivity contribution in [2.75, 3.05) is 6.54 Å². The highest BCUT2D eigenvalue weighted by molar-refractivity contribution is 8.26. The molecular weight excluding hydrogens is 376 g/mol. The van der Waals surface area contributed by atoms with Crippen LogP contribution in [0, 0.1) is 0 Å². The van der Waals surface area contributed by atoms with E-state index in [1.807, 2.05) is 48.5 Å². The number of hydrogen-bond acceptors (Lipinski definition) is 5. The number of rotatable bonds is 4. The summed E-state index contributed by atoms with van der Waals surface area (Å²) in [6.07, 6.45) is 4.30. The van der Waals surface area contributed by atoms with Gasteiger partial charge in [-0.2, -0.15) is 0 Å². The maximum absolute atomic E-state index is 12.8. The van der Waals surface area contributed by atoms with Crippen molar-refractivity contribution in [2.45, 2.75) is 6.42 Å². The fraction of sp³-hybridized carbons (Fsp3) is 0.0952. The van der Waals surface area contributed by atoms with Gasteiger partial charge < -0.3 is 5.11 Å². The molecule has 1 saturated heterocycles. The number of aromatic nitrogens is 1. The van der Waals surface area contributed by atoms with Gasteiger partial charge in [0.2, 0.25) is 0 Å². The number of pyridine rings is 1. The average molecular weight is 393 g/mol. The Bertz CT molecular complexity index is 1060. The number of benzene rings is 2. The molecule has 4 rings (SSSR count). The van der Waals surface area contributed by atoms with Crippen molar-refractivity contribution in [1.29, 1.82) is 0 Å². The molecule has 2 heterocycles. The quantitative estimate of drug-likeness (QED) is 0.527. The molecule has 0 unspecified atom stereocenters. The van der Waals surface area contributed by atoms with Gasteiger partial charge in [0.05, 0.1) is 10.4 Å². The highest BCUT2D eigenvalue weighted by atomic mass is 32.2. The number of carbonyl (C=O) groups is 1. The third-order valence-electron chi connectivity index (χ3n) is 4.38. The van der Waals surface area contributed by atoms with E-state index in [1.165, 1.54) is 11.8 Å². The summed E-state index contributed by atoms with van der Waals surface area (Å²) < 4.78 is 0.568. The monoisotopic (exact) mass is 392 g/mol. The molecule has 1 N–H and O–H groups in total. The lowest BCUT2D eigenvalue weighted by Crippen LogP contribution is -2.30. The molecule has 0 bridgehead atoms. The molecule has 0 atom stereocenters. The average Bonchev–Trinajstić information content (AvgIpc) is 2.95. The summed E-state index contributed by atoms with van der Waals surface area (Å²) in [7, 11) is 0. The van der Waals surface area contributed by atoms with E-state index in [4.69, 9.17) is 12.2 Å². The summed E-state index contributed by atoms with van der Waals surface area (Å²) in [5.41, 5.74) is 2.82. The number of carbonyl (C=O) groups excluding carboxylic acids is 1. The van der Waals surface area contributed by atoms with Gasteiger partial charge >= 0.3 is 0 Å². The first kappa shape index (κ1) is 17.7. The van der Waals surface area contributed by atoms with E-state index in [-0.39, 0.29) is 11.7 Å². The van der Waals surface area contributed by atoms with Crippen LogP contribution < -0.4 is 0 Å². The Morgan fingerprint density at radius 3 is 2.70 bits per heavy atom. The summed E-state index contributed by atoms with van der Waals surface area (Å²) in [5.74, 6) is 0.160. The van der Waals surface area contributed by atoms with Crippen molar-refractivity contribution >= 4 is 51.2 Å². The standard InChI is InChI=1S/C21H16N2O2S2/c24-17-8-6-14(7-9-17)10-12-23-20(25)18(27-21(23)26)13-16-4-1-3-15-5-2-11-22-19(15)16/h1-9,11,13,24H,10,12H2/b18-13+. The second kappa shape index (κ2) is 7.50. The molecule has 1 aromatic heterocycles. The molecule has 3 aromatic rings. The van der Waals surface area contributed by atoms with Gasteiger partial charge in [-0.05, 0) is 36.3 Å². The highest BCUT2D eigenvalue weighted by Gasteiger charge is 2.31. The first-order chi connectivity index (χ1) is 13.1. The minimum Gasteiger partial charge on any atom is -0.508 e. The molecule has 2 aromatic carbocycles. The molecule has 1 fully saturated rings. The summed E-state index contributed by atoms with van der Waals surface area (Å²) in [5, 5.41) is 10.4. The van der Waals surface area contributed by atoms with Crippen LogP contribution in [0.4, 0.5) is 0 Å². The summed E-state index contributed by atoms with van der Waals surface area (Å²) >= 11 is 6.74. The molecule has 0 radical (unpaired) electrons. The first-order valence-electron chi connectivity index (χ1n) is 8.49. The van der Waals surface area contributed by atoms with Crippen molar-refractivity contribution in [1.82, 2.24) is 9.88 Å². The minimum atomic E-state index is -0.0725. The van der Waals surface area contributed by atoms with E-state index in [2.05, 4.69) is 4.98 Å². The number of phenols is 1. The van der Waals surface area contributed by atoms with Gasteiger partial charge in [0.1, 0.15) is 10.1 Å². The van der Waals surface area contributed by atoms with Gasteiger partial charge in [0.25, 0.3) is 5.91 Å². The Kier molecular flexibility index (Phi) is 4.92. The normalized spacial score (nSPS) is 15.9. The van der Waals surface area contributed by atoms with Crippen molar-refractivity contribution in [2.24, 2.45) is 0 Å². The van der Waals surface area contributed by atoms with E-state index in [0.29, 0.717) is 22.2 Å². The van der Waals surface area contributed by atoms with Crippen LogP contribution in [0.1, 0.15) is 11.1 Å². The number of thiocarbonyl (C=S) groups is 1. The van der Waals surface area contributed by atoms with Gasteiger partial charge in [-0.3, -0.25) is 14.7 Å². The van der Waals surface area contributed by atoms with Crippen LogP contribution >= 0.6 is 24.0 Å². The summed E-state index contributed by atoms with van der Waals surface area (Å²) in [6.45, 7) is 0.514. The van der Waals surface area contributed by atoms with Crippen molar-refractivity contribution in [3.63, 3.8) is 0 Å². The molecule has 4 nitrogen and oxygen atoms in total. The SMILES string of the molecule is O=C1/C(=C\c2cccc3cccnc23)SC(=S)N1CCc1ccc(O)cc1. The molecule has 27 heavy (non-hydrogen) atoms. The van der Waals surface area contributed by atoms with Crippen LogP contribution in [0.2, 0.25) is 0 Å². The van der Waals surface area contributed by atoms with Crippen molar-refractivity contribution in [3.8, 4) is 5.75 Å². The number of aromatic hydroxyl groups is 1. The van der Waals surface area contributed by atoms with Crippen LogP contribution in [0.15, 0.2) is 65.7 Å². The number of amides is 1. The first-order valence-corrected chi connectivity index (χ1v) is 9.71. The van der Waals surface area contributed by atoms with E-state index in [1.54, 1.807) is 23.2 Å². The lowest BCUT2D eigenvalue weighted by Gasteiger charge is -2.14. The van der Waals surface area contributed by atoms with Gasteiger partial charge in [-0.1, -0.05) is 60.4 Å². The molecule has 0 spiro atoms. The number of para-hydroxylation sites is 1. The topological polar surface area (TPSA) is 53.4 Å². The Balaban J connectivity index is 1.55. The number of phenolic OH excluding ortho intramolecular Hbond substituents is 1. The van der Waals surface area contributed by atoms with Gasteiger partial charge in [-0.15, -0.1) is 0 Å². The lowest BCUT2D eigenvalue weighted by molar-refractivity contribution is -0.122. The van der Waals surface area contributed by atoms with Crippen molar-refractivity contribution < 1.29 is 9.90 Å². The summed E-state index contributed by atoms with van der Waals surface area (Å²) in [6, 6.07) is 16.8. The molecule has 134 valence electrons. The van der Waals surface area contributed by atoms with E-state index in [0.717, 1.165) is 22.0 Å². The fourth-order valence-corrected chi connectivity index (χ4v) is 4.28. The van der Waals surface area contributed by atoms with E-state index < -0.39 is 0 Å². The minimum absolute atomic E-state index is 0.0725. The maximum Gasteiger partial charge on any atom is 0.266 e. The molecule has 0 aliphatic carbocycles. The predicted octanol–water partition coefficient (Wildman–Crippen LogP) is 4.38. The van der Waals surface area contributed by atoms with Crippen LogP contribution in [0.3, 0.4) is 0 Å². The van der Waals surface area contributed by atoms with Crippen LogP contribution in [0.5, 0.6) is 5.75 Å². The second-order valence-electron chi connectivity index (χ2n) is 6.17. The second-order valence-corrected chi connectivity index (χ2v) is 7.85. The number of thioether (sulfide) groups is 1. The zero-order valence-electron chi connectivity index (χ0n) is 14.3. The van der Waals surface area contributed by atoms with E-state index in [9.17, 15) is 9.90 Å². The zero-order valence-corrected chi connectivity index (χ0v) is 16.0. The lowest BCUT2D eigenvalue weighted by atomic mass is 10.1. The Hall–Kier alpha value is -2.70. The predicted molar refractivity (Wildman–Crippen MR) is 113 cm³/mol. The zero-order chi connectivity index (χ0) is 18.8. The van der Waals surface area contributed by atoms with E-state index >= 15 is 0 Å². The molecule has 1 aliphatic heterocycles. The molecule has 0 saturated carbocycles. The molecule has 1 amide bonds. The Morgan fingerprint density at radius 1 is 1.11 bits per heavy atom. The molecular formula is C21H16N2O2S2. The van der Waals surface area contributed by atoms with Crippen molar-refractivity contribution in [3.05, 3.63) is 76.8 Å². The maximum atomic E-state index is 12.8. The Morgan fingerprint density at radius 2 is 1.89 bits per heavy atom. The Labute approximate surface area is 166 Å². The third-order valence-corrected chi connectivity index (χ3v) is 5.76. The number of hydrogen-bond donors (Lipinski definition) is 1. The molecule has 1 aliphatic rings. The van der Waals surface area contributed by atoms with Gasteiger partial charge in [-0.25, -0.2) is 0 Å². The third kappa shape index (κ3) is 3.72. The van der Waals surface area contributed by atoms with Crippen LogP contribution in [-0.4, -0.2) is 31.8 Å². The van der Waals surface area contributed by atoms with Crippen LogP contribution in [-0.2, 0) is 11.2 Å². The van der Waals surface area contributed by atoms with Crippen LogP contribution in [0.25, 0.3) is 17.0 Å². The fourth-order valence-electron chi connectivity index (χ4n) is 2.98. The van der Waals surface area contributed by atoms with Gasteiger partial charge in [0, 0.05) is 23.7 Å². The largest absolute Gasteiger partial charge is 0.508 e.